The van der Waals surface area contributed by atoms with Crippen molar-refractivity contribution in [1.29, 1.82) is 0 Å². The lowest BCUT2D eigenvalue weighted by Crippen LogP contribution is -2.14. The molecule has 0 atom stereocenters. The first-order valence-corrected chi connectivity index (χ1v) is 9.26. The van der Waals surface area contributed by atoms with Gasteiger partial charge in [-0.1, -0.05) is 23.2 Å². The Labute approximate surface area is 172 Å². The highest BCUT2D eigenvalue weighted by atomic mass is 35.5. The summed E-state index contributed by atoms with van der Waals surface area (Å²) in [4.78, 5) is 12.9. The van der Waals surface area contributed by atoms with Crippen molar-refractivity contribution >= 4 is 34.8 Å². The van der Waals surface area contributed by atoms with Crippen LogP contribution in [0.3, 0.4) is 0 Å². The van der Waals surface area contributed by atoms with Gasteiger partial charge in [-0.15, -0.1) is 0 Å². The molecule has 4 rings (SSSR count). The number of fused-ring (bicyclic) bond motifs is 3. The van der Waals surface area contributed by atoms with Gasteiger partial charge in [-0.25, -0.2) is 0 Å². The van der Waals surface area contributed by atoms with E-state index in [1.165, 1.54) is 0 Å². The van der Waals surface area contributed by atoms with Crippen LogP contribution in [0.5, 0.6) is 11.5 Å². The molecule has 1 heterocycles. The summed E-state index contributed by atoms with van der Waals surface area (Å²) in [6.45, 7) is 0. The number of hydrogen-bond donors (Lipinski definition) is 1. The largest absolute Gasteiger partial charge is 0.493 e. The Kier molecular flexibility index (Phi) is 4.69. The predicted octanol–water partition coefficient (Wildman–Crippen LogP) is 4.57. The zero-order valence-corrected chi connectivity index (χ0v) is 17.0. The number of hydrogen-bond acceptors (Lipinski definition) is 4. The van der Waals surface area contributed by atoms with Crippen LogP contribution in [0.2, 0.25) is 10.0 Å². The molecular formula is C20H17Cl2N3O3. The van der Waals surface area contributed by atoms with E-state index >= 15 is 0 Å². The fourth-order valence-electron chi connectivity index (χ4n) is 3.50. The zero-order valence-electron chi connectivity index (χ0n) is 15.5. The summed E-state index contributed by atoms with van der Waals surface area (Å²) < 4.78 is 12.5. The number of nitrogens with zero attached hydrogens (tertiary/aromatic N) is 2. The third-order valence-electron chi connectivity index (χ3n) is 4.77. The summed E-state index contributed by atoms with van der Waals surface area (Å²) in [6.07, 6.45) is 0.586. The molecule has 1 N–H and O–H groups in total. The van der Waals surface area contributed by atoms with Crippen LogP contribution in [0, 0.1) is 0 Å². The molecule has 8 heteroatoms. The van der Waals surface area contributed by atoms with Gasteiger partial charge >= 0.3 is 0 Å². The molecule has 6 nitrogen and oxygen atoms in total. The van der Waals surface area contributed by atoms with Gasteiger partial charge in [0, 0.05) is 30.3 Å². The minimum Gasteiger partial charge on any atom is -0.493 e. The minimum atomic E-state index is -0.304. The number of carbonyl (C=O) groups is 1. The number of rotatable bonds is 4. The summed E-state index contributed by atoms with van der Waals surface area (Å²) in [5, 5.41) is 8.07. The molecule has 144 valence electrons. The number of benzene rings is 2. The van der Waals surface area contributed by atoms with Crippen LogP contribution in [-0.4, -0.2) is 29.9 Å². The fraction of sp³-hybridized carbons (Fsp3) is 0.200. The maximum atomic E-state index is 12.9. The van der Waals surface area contributed by atoms with Crippen molar-refractivity contribution in [3.8, 4) is 22.8 Å². The number of carbonyl (C=O) groups excluding carboxylic acids is 1. The smallest absolute Gasteiger partial charge is 0.276 e. The van der Waals surface area contributed by atoms with Crippen LogP contribution in [0.15, 0.2) is 30.3 Å². The van der Waals surface area contributed by atoms with E-state index in [0.29, 0.717) is 39.3 Å². The maximum Gasteiger partial charge on any atom is 0.276 e. The highest BCUT2D eigenvalue weighted by molar-refractivity contribution is 6.42. The van der Waals surface area contributed by atoms with Crippen molar-refractivity contribution in [3.05, 3.63) is 57.2 Å². The Morgan fingerprint density at radius 1 is 1.11 bits per heavy atom. The van der Waals surface area contributed by atoms with Crippen LogP contribution in [0.4, 0.5) is 5.69 Å². The van der Waals surface area contributed by atoms with Crippen molar-refractivity contribution in [3.63, 3.8) is 0 Å². The number of amides is 1. The average Bonchev–Trinajstić information content (AvgIpc) is 3.20. The Morgan fingerprint density at radius 3 is 2.50 bits per heavy atom. The van der Waals surface area contributed by atoms with Crippen LogP contribution >= 0.6 is 23.2 Å². The maximum absolute atomic E-state index is 12.9. The van der Waals surface area contributed by atoms with E-state index in [0.717, 1.165) is 22.4 Å². The van der Waals surface area contributed by atoms with Gasteiger partial charge in [-0.2, -0.15) is 5.10 Å². The summed E-state index contributed by atoms with van der Waals surface area (Å²) in [7, 11) is 5.02. The van der Waals surface area contributed by atoms with Crippen molar-refractivity contribution in [2.45, 2.75) is 6.42 Å². The Morgan fingerprint density at radius 2 is 1.82 bits per heavy atom. The summed E-state index contributed by atoms with van der Waals surface area (Å²) >= 11 is 12.0. The van der Waals surface area contributed by atoms with Gasteiger partial charge < -0.3 is 14.8 Å². The van der Waals surface area contributed by atoms with E-state index in [1.807, 2.05) is 19.2 Å². The van der Waals surface area contributed by atoms with E-state index in [2.05, 4.69) is 10.4 Å². The Bertz CT molecular complexity index is 1110. The summed E-state index contributed by atoms with van der Waals surface area (Å²) in [5.41, 5.74) is 4.73. The van der Waals surface area contributed by atoms with E-state index in [4.69, 9.17) is 32.7 Å². The topological polar surface area (TPSA) is 65.4 Å². The molecule has 1 aliphatic carbocycles. The molecule has 0 bridgehead atoms. The third-order valence-corrected chi connectivity index (χ3v) is 5.51. The number of halogens is 2. The van der Waals surface area contributed by atoms with E-state index in [-0.39, 0.29) is 5.91 Å². The molecule has 0 unspecified atom stereocenters. The van der Waals surface area contributed by atoms with Crippen molar-refractivity contribution in [2.24, 2.45) is 7.05 Å². The minimum absolute atomic E-state index is 0.304. The van der Waals surface area contributed by atoms with Crippen LogP contribution in [0.1, 0.15) is 21.6 Å². The van der Waals surface area contributed by atoms with Gasteiger partial charge in [0.05, 0.1) is 30.0 Å². The van der Waals surface area contributed by atoms with Gasteiger partial charge in [-0.3, -0.25) is 9.48 Å². The lowest BCUT2D eigenvalue weighted by molar-refractivity contribution is 0.102. The molecule has 0 fully saturated rings. The van der Waals surface area contributed by atoms with Gasteiger partial charge in [0.1, 0.15) is 0 Å². The lowest BCUT2D eigenvalue weighted by atomic mass is 10.1. The number of ether oxygens (including phenoxy) is 2. The molecule has 0 aliphatic heterocycles. The monoisotopic (exact) mass is 417 g/mol. The first-order chi connectivity index (χ1) is 13.4. The number of nitrogens with one attached hydrogen (secondary N) is 1. The van der Waals surface area contributed by atoms with E-state index in [9.17, 15) is 4.79 Å². The number of methoxy groups -OCH3 is 2. The zero-order chi connectivity index (χ0) is 20.0. The number of aryl methyl sites for hydroxylation is 1. The van der Waals surface area contributed by atoms with Crippen molar-refractivity contribution in [1.82, 2.24) is 9.78 Å². The molecule has 0 saturated heterocycles. The predicted molar refractivity (Wildman–Crippen MR) is 109 cm³/mol. The first kappa shape index (κ1) is 18.7. The SMILES string of the molecule is COc1cc2c(cc1OC)-c1c(c(C(=O)Nc3ccc(Cl)c(Cl)c3)nn1C)C2. The highest BCUT2D eigenvalue weighted by Crippen LogP contribution is 2.43. The van der Waals surface area contributed by atoms with E-state index < -0.39 is 0 Å². The molecule has 0 saturated carbocycles. The normalized spacial score (nSPS) is 11.8. The second-order valence-electron chi connectivity index (χ2n) is 6.42. The molecule has 1 aliphatic rings. The molecule has 2 aromatic carbocycles. The van der Waals surface area contributed by atoms with E-state index in [1.54, 1.807) is 37.1 Å². The molecule has 0 radical (unpaired) electrons. The molecule has 1 amide bonds. The standard InChI is InChI=1S/C20H17Cl2N3O3/c1-25-19-12-9-17(28-3)16(27-2)7-10(12)6-13(19)18(24-25)20(26)23-11-4-5-14(21)15(22)8-11/h4-5,7-9H,6H2,1-3H3,(H,23,26). The van der Waals surface area contributed by atoms with Gasteiger partial charge in [0.15, 0.2) is 17.2 Å². The molecule has 3 aromatic rings. The average molecular weight is 418 g/mol. The summed E-state index contributed by atoms with van der Waals surface area (Å²) in [6, 6.07) is 8.79. The Balaban J connectivity index is 1.71. The molecular weight excluding hydrogens is 401 g/mol. The molecule has 0 spiro atoms. The third kappa shape index (κ3) is 2.99. The number of anilines is 1. The fourth-order valence-corrected chi connectivity index (χ4v) is 3.80. The van der Waals surface area contributed by atoms with Crippen LogP contribution < -0.4 is 14.8 Å². The first-order valence-electron chi connectivity index (χ1n) is 8.50. The molecule has 28 heavy (non-hydrogen) atoms. The van der Waals surface area contributed by atoms with Gasteiger partial charge in [0.25, 0.3) is 5.91 Å². The quantitative estimate of drug-likeness (QED) is 0.528. The van der Waals surface area contributed by atoms with Crippen LogP contribution in [-0.2, 0) is 13.5 Å². The summed E-state index contributed by atoms with van der Waals surface area (Å²) in [5.74, 6) is 0.989. The van der Waals surface area contributed by atoms with Gasteiger partial charge in [-0.05, 0) is 35.9 Å². The van der Waals surface area contributed by atoms with Crippen molar-refractivity contribution in [2.75, 3.05) is 19.5 Å². The highest BCUT2D eigenvalue weighted by Gasteiger charge is 2.31. The lowest BCUT2D eigenvalue weighted by Gasteiger charge is -2.11. The van der Waals surface area contributed by atoms with Crippen molar-refractivity contribution < 1.29 is 14.3 Å². The second kappa shape index (κ2) is 7.04. The molecule has 1 aromatic heterocycles. The Hall–Kier alpha value is -2.70. The van der Waals surface area contributed by atoms with Crippen LogP contribution in [0.25, 0.3) is 11.3 Å². The van der Waals surface area contributed by atoms with Gasteiger partial charge in [0.2, 0.25) is 0 Å². The number of aromatic nitrogens is 2. The second-order valence-corrected chi connectivity index (χ2v) is 7.24.